The van der Waals surface area contributed by atoms with Crippen LogP contribution in [0.15, 0.2) is 29.4 Å². The number of allylic oxidation sites excluding steroid dienone is 1. The van der Waals surface area contributed by atoms with Crippen LogP contribution in [0.3, 0.4) is 0 Å². The first-order chi connectivity index (χ1) is 16.0. The molecule has 1 amide bonds. The summed E-state index contributed by atoms with van der Waals surface area (Å²) in [5.74, 6) is -0.548. The van der Waals surface area contributed by atoms with E-state index in [2.05, 4.69) is 10.4 Å². The largest absolute Gasteiger partial charge is 0.487 e. The van der Waals surface area contributed by atoms with E-state index in [-0.39, 0.29) is 30.5 Å². The molecule has 1 N–H and O–H groups in total. The Morgan fingerprint density at radius 3 is 2.74 bits per heavy atom. The van der Waals surface area contributed by atoms with Crippen LogP contribution in [-0.4, -0.2) is 58.7 Å². The Balaban J connectivity index is 1.66. The van der Waals surface area contributed by atoms with Crippen molar-refractivity contribution in [1.82, 2.24) is 15.2 Å². The van der Waals surface area contributed by atoms with E-state index in [0.29, 0.717) is 46.6 Å². The number of rotatable bonds is 5. The first-order valence-electron chi connectivity index (χ1n) is 11.4. The van der Waals surface area contributed by atoms with Gasteiger partial charge in [0.2, 0.25) is 5.91 Å². The zero-order chi connectivity index (χ0) is 24.7. The SMILES string of the molecule is Cc1ccc(CNC(=O)C2CCCO2)c(C)c1C1=NN([C@]2(C)CC=CC(=O)C2)CN1C(F)(F)F. The molecule has 2 heterocycles. The lowest BCUT2D eigenvalue weighted by molar-refractivity contribution is -0.223. The summed E-state index contributed by atoms with van der Waals surface area (Å²) in [5.41, 5.74) is 1.51. The van der Waals surface area contributed by atoms with E-state index in [0.717, 1.165) is 6.42 Å². The summed E-state index contributed by atoms with van der Waals surface area (Å²) < 4.78 is 47.7. The van der Waals surface area contributed by atoms with Crippen molar-refractivity contribution in [2.75, 3.05) is 13.3 Å². The number of ketones is 1. The van der Waals surface area contributed by atoms with Gasteiger partial charge < -0.3 is 10.1 Å². The van der Waals surface area contributed by atoms with Crippen LogP contribution in [0.25, 0.3) is 0 Å². The second kappa shape index (κ2) is 9.05. The molecule has 10 heteroatoms. The molecule has 0 bridgehead atoms. The van der Waals surface area contributed by atoms with E-state index in [1.165, 1.54) is 11.1 Å². The predicted octanol–water partition coefficient (Wildman–Crippen LogP) is 3.53. The number of carbonyl (C=O) groups is 2. The Bertz CT molecular complexity index is 1050. The third kappa shape index (κ3) is 4.68. The molecule has 1 fully saturated rings. The van der Waals surface area contributed by atoms with Gasteiger partial charge in [0.15, 0.2) is 11.6 Å². The Morgan fingerprint density at radius 2 is 2.09 bits per heavy atom. The van der Waals surface area contributed by atoms with Gasteiger partial charge in [0.25, 0.3) is 0 Å². The molecule has 2 atom stereocenters. The number of carbonyl (C=O) groups excluding carboxylic acids is 2. The molecule has 3 aliphatic rings. The second-order valence-corrected chi connectivity index (χ2v) is 9.37. The van der Waals surface area contributed by atoms with E-state index in [1.807, 2.05) is 0 Å². The number of nitrogens with one attached hydrogen (secondary N) is 1. The van der Waals surface area contributed by atoms with Crippen molar-refractivity contribution < 1.29 is 27.5 Å². The van der Waals surface area contributed by atoms with Gasteiger partial charge in [-0.05, 0) is 62.8 Å². The Morgan fingerprint density at radius 1 is 1.32 bits per heavy atom. The van der Waals surface area contributed by atoms with Crippen LogP contribution in [0.1, 0.15) is 54.9 Å². The summed E-state index contributed by atoms with van der Waals surface area (Å²) in [6, 6.07) is 3.55. The van der Waals surface area contributed by atoms with Gasteiger partial charge in [0, 0.05) is 25.1 Å². The Hall–Kier alpha value is -2.88. The number of nitrogens with zero attached hydrogens (tertiary/aromatic N) is 3. The number of amidine groups is 1. The number of aryl methyl sites for hydroxylation is 1. The fourth-order valence-corrected chi connectivity index (χ4v) is 4.73. The number of hydrogen-bond acceptors (Lipinski definition) is 6. The first-order valence-corrected chi connectivity index (χ1v) is 11.4. The van der Waals surface area contributed by atoms with E-state index in [1.54, 1.807) is 39.0 Å². The smallest absolute Gasteiger partial charge is 0.368 e. The normalized spacial score (nSPS) is 25.2. The number of alkyl halides is 3. The molecule has 34 heavy (non-hydrogen) atoms. The van der Waals surface area contributed by atoms with E-state index in [4.69, 9.17) is 4.74 Å². The van der Waals surface area contributed by atoms with Crippen LogP contribution in [0.2, 0.25) is 0 Å². The van der Waals surface area contributed by atoms with Gasteiger partial charge in [0.1, 0.15) is 12.8 Å². The molecule has 1 saturated heterocycles. The molecule has 0 saturated carbocycles. The quantitative estimate of drug-likeness (QED) is 0.656. The molecular formula is C24H29F3N4O3. The lowest BCUT2D eigenvalue weighted by Crippen LogP contribution is -2.49. The van der Waals surface area contributed by atoms with Gasteiger partial charge in [-0.3, -0.25) is 14.6 Å². The van der Waals surface area contributed by atoms with E-state index in [9.17, 15) is 22.8 Å². The zero-order valence-corrected chi connectivity index (χ0v) is 19.5. The molecule has 1 aliphatic carbocycles. The Labute approximate surface area is 196 Å². The third-order valence-corrected chi connectivity index (χ3v) is 6.78. The fourth-order valence-electron chi connectivity index (χ4n) is 4.73. The van der Waals surface area contributed by atoms with Crippen LogP contribution in [0.4, 0.5) is 13.2 Å². The van der Waals surface area contributed by atoms with Crippen molar-refractivity contribution in [1.29, 1.82) is 0 Å². The van der Waals surface area contributed by atoms with E-state index < -0.39 is 24.6 Å². The summed E-state index contributed by atoms with van der Waals surface area (Å²) >= 11 is 0. The summed E-state index contributed by atoms with van der Waals surface area (Å²) in [5, 5.41) is 8.63. The maximum absolute atomic E-state index is 14.1. The number of hydrazone groups is 1. The van der Waals surface area contributed by atoms with Gasteiger partial charge >= 0.3 is 6.30 Å². The van der Waals surface area contributed by atoms with Crippen molar-refractivity contribution in [3.05, 3.63) is 46.5 Å². The van der Waals surface area contributed by atoms with E-state index >= 15 is 0 Å². The maximum atomic E-state index is 14.1. The zero-order valence-electron chi connectivity index (χ0n) is 19.5. The highest BCUT2D eigenvalue weighted by Gasteiger charge is 2.49. The van der Waals surface area contributed by atoms with Gasteiger partial charge in [-0.15, -0.1) is 13.2 Å². The van der Waals surface area contributed by atoms with Crippen LogP contribution in [0, 0.1) is 13.8 Å². The van der Waals surface area contributed by atoms with Crippen molar-refractivity contribution in [3.8, 4) is 0 Å². The minimum absolute atomic E-state index is 0.0965. The van der Waals surface area contributed by atoms with Crippen LogP contribution >= 0.6 is 0 Å². The molecule has 184 valence electrons. The molecule has 1 aromatic rings. The van der Waals surface area contributed by atoms with Crippen LogP contribution in [0.5, 0.6) is 0 Å². The molecule has 7 nitrogen and oxygen atoms in total. The average Bonchev–Trinajstić information content (AvgIpc) is 3.43. The summed E-state index contributed by atoms with van der Waals surface area (Å²) in [4.78, 5) is 24.7. The highest BCUT2D eigenvalue weighted by atomic mass is 19.4. The predicted molar refractivity (Wildman–Crippen MR) is 120 cm³/mol. The van der Waals surface area contributed by atoms with Crippen LogP contribution in [-0.2, 0) is 20.9 Å². The molecule has 0 radical (unpaired) electrons. The van der Waals surface area contributed by atoms with Crippen LogP contribution < -0.4 is 5.32 Å². The van der Waals surface area contributed by atoms with Crippen molar-refractivity contribution in [2.45, 2.75) is 70.9 Å². The summed E-state index contributed by atoms with van der Waals surface area (Å²) in [6.07, 6.45) is 0.0302. The topological polar surface area (TPSA) is 74.2 Å². The van der Waals surface area contributed by atoms with Gasteiger partial charge in [0.05, 0.1) is 5.54 Å². The minimum Gasteiger partial charge on any atom is -0.368 e. The number of hydrogen-bond donors (Lipinski definition) is 1. The molecule has 1 aromatic carbocycles. The lowest BCUT2D eigenvalue weighted by atomic mass is 9.86. The maximum Gasteiger partial charge on any atom is 0.487 e. The number of amides is 1. The highest BCUT2D eigenvalue weighted by molar-refractivity contribution is 6.02. The molecule has 2 aliphatic heterocycles. The summed E-state index contributed by atoms with van der Waals surface area (Å²) in [7, 11) is 0. The molecule has 1 unspecified atom stereocenters. The number of benzene rings is 1. The van der Waals surface area contributed by atoms with Crippen molar-refractivity contribution in [2.24, 2.45) is 5.10 Å². The standard InChI is InChI=1S/C24H29F3N4O3/c1-15-8-9-17(13-28-22(33)19-7-5-11-34-19)16(2)20(15)21-29-31(14-30(21)24(25,26)27)23(3)10-4-6-18(32)12-23/h4,6,8-9,19H,5,7,10-14H2,1-3H3,(H,28,33)/t19?,23-/m1/s1. The fraction of sp³-hybridized carbons (Fsp3) is 0.542. The first kappa shape index (κ1) is 24.3. The molecule has 4 rings (SSSR count). The summed E-state index contributed by atoms with van der Waals surface area (Å²) in [6.45, 7) is 5.48. The number of ether oxygens (including phenoxy) is 1. The Kier molecular flexibility index (Phi) is 6.46. The second-order valence-electron chi connectivity index (χ2n) is 9.37. The van der Waals surface area contributed by atoms with Gasteiger partial charge in [-0.1, -0.05) is 18.2 Å². The average molecular weight is 479 g/mol. The number of halogens is 3. The van der Waals surface area contributed by atoms with Gasteiger partial charge in [-0.25, -0.2) is 4.90 Å². The van der Waals surface area contributed by atoms with Crippen molar-refractivity contribution in [3.63, 3.8) is 0 Å². The lowest BCUT2D eigenvalue weighted by Gasteiger charge is -2.38. The monoisotopic (exact) mass is 478 g/mol. The molecule has 0 aromatic heterocycles. The highest BCUT2D eigenvalue weighted by Crippen LogP contribution is 2.37. The van der Waals surface area contributed by atoms with Crippen molar-refractivity contribution >= 4 is 17.5 Å². The third-order valence-electron chi connectivity index (χ3n) is 6.78. The molecular weight excluding hydrogens is 449 g/mol. The van der Waals surface area contributed by atoms with Gasteiger partial charge in [-0.2, -0.15) is 5.10 Å². The molecule has 0 spiro atoms. The minimum atomic E-state index is -4.65.